The maximum absolute atomic E-state index is 12.4. The molecule has 0 N–H and O–H groups in total. The van der Waals surface area contributed by atoms with Crippen LogP contribution in [0.15, 0.2) is 0 Å². The molecule has 0 unspecified atom stereocenters. The SMILES string of the molecule is FC(F)(F)C(F)(F)C(F)(F)C(F)(F)CCS. The van der Waals surface area contributed by atoms with Gasteiger partial charge in [0.1, 0.15) is 0 Å². The molecular weight excluding hydrogens is 275 g/mol. The monoisotopic (exact) mass is 280 g/mol. The molecule has 0 spiro atoms. The minimum atomic E-state index is -6.80. The lowest BCUT2D eigenvalue weighted by molar-refractivity contribution is -0.396. The Morgan fingerprint density at radius 2 is 1.06 bits per heavy atom. The first kappa shape index (κ1) is 15.7. The molecule has 0 nitrogen and oxygen atoms in total. The summed E-state index contributed by atoms with van der Waals surface area (Å²) in [4.78, 5) is 0. The van der Waals surface area contributed by atoms with Gasteiger partial charge < -0.3 is 0 Å². The van der Waals surface area contributed by atoms with Gasteiger partial charge in [-0.15, -0.1) is 0 Å². The van der Waals surface area contributed by atoms with Crippen molar-refractivity contribution < 1.29 is 39.5 Å². The van der Waals surface area contributed by atoms with Crippen molar-refractivity contribution in [2.45, 2.75) is 30.4 Å². The van der Waals surface area contributed by atoms with Crippen LogP contribution in [0.2, 0.25) is 0 Å². The van der Waals surface area contributed by atoms with Crippen LogP contribution in [0.1, 0.15) is 6.42 Å². The highest BCUT2D eigenvalue weighted by molar-refractivity contribution is 7.80. The van der Waals surface area contributed by atoms with Crippen LogP contribution >= 0.6 is 12.6 Å². The van der Waals surface area contributed by atoms with Crippen molar-refractivity contribution >= 4 is 12.6 Å². The highest BCUT2D eigenvalue weighted by Gasteiger charge is 2.81. The first-order chi connectivity index (χ1) is 6.81. The van der Waals surface area contributed by atoms with E-state index in [0.29, 0.717) is 0 Å². The lowest BCUT2D eigenvalue weighted by Crippen LogP contribution is -2.60. The molecule has 0 bridgehead atoms. The Morgan fingerprint density at radius 1 is 0.688 bits per heavy atom. The molecule has 0 aliphatic heterocycles. The summed E-state index contributed by atoms with van der Waals surface area (Å²) in [6, 6.07) is 0. The topological polar surface area (TPSA) is 0 Å². The molecule has 0 fully saturated rings. The van der Waals surface area contributed by atoms with E-state index in [2.05, 4.69) is 12.6 Å². The number of rotatable bonds is 4. The van der Waals surface area contributed by atoms with Crippen LogP contribution in [0.4, 0.5) is 39.5 Å². The van der Waals surface area contributed by atoms with Gasteiger partial charge in [-0.25, -0.2) is 0 Å². The largest absolute Gasteiger partial charge is 0.460 e. The Kier molecular flexibility index (Phi) is 4.12. The molecule has 0 saturated heterocycles. The second kappa shape index (κ2) is 4.19. The van der Waals surface area contributed by atoms with Crippen LogP contribution in [-0.4, -0.2) is 29.7 Å². The van der Waals surface area contributed by atoms with Crippen LogP contribution < -0.4 is 0 Å². The molecule has 10 heteroatoms. The van der Waals surface area contributed by atoms with E-state index in [4.69, 9.17) is 0 Å². The molecule has 0 atom stereocenters. The summed E-state index contributed by atoms with van der Waals surface area (Å²) < 4.78 is 109. The highest BCUT2D eigenvalue weighted by atomic mass is 32.1. The fraction of sp³-hybridized carbons (Fsp3) is 1.00. The molecule has 0 radical (unpaired) electrons. The zero-order chi connectivity index (χ0) is 13.4. The minimum absolute atomic E-state index is 0.962. The van der Waals surface area contributed by atoms with E-state index >= 15 is 0 Å². The lowest BCUT2D eigenvalue weighted by Gasteiger charge is -2.33. The Bertz CT molecular complexity index is 243. The van der Waals surface area contributed by atoms with Crippen molar-refractivity contribution in [3.63, 3.8) is 0 Å². The number of halogens is 9. The van der Waals surface area contributed by atoms with Gasteiger partial charge in [0.15, 0.2) is 0 Å². The second-order valence-electron chi connectivity index (χ2n) is 2.82. The van der Waals surface area contributed by atoms with Gasteiger partial charge in [0, 0.05) is 6.42 Å². The van der Waals surface area contributed by atoms with Gasteiger partial charge >= 0.3 is 23.9 Å². The molecule has 0 rings (SSSR count). The van der Waals surface area contributed by atoms with Gasteiger partial charge in [0.25, 0.3) is 0 Å². The van der Waals surface area contributed by atoms with Crippen molar-refractivity contribution in [1.82, 2.24) is 0 Å². The maximum atomic E-state index is 12.4. The highest BCUT2D eigenvalue weighted by Crippen LogP contribution is 2.53. The summed E-state index contributed by atoms with van der Waals surface area (Å²) in [5, 5.41) is 0. The first-order valence-corrected chi connectivity index (χ1v) is 4.25. The Balaban J connectivity index is 5.34. The van der Waals surface area contributed by atoms with Crippen LogP contribution in [0, 0.1) is 0 Å². The first-order valence-electron chi connectivity index (χ1n) is 3.62. The van der Waals surface area contributed by atoms with Crippen LogP contribution in [0.5, 0.6) is 0 Å². The Hall–Kier alpha value is -0.280. The van der Waals surface area contributed by atoms with E-state index in [1.807, 2.05) is 0 Å². The van der Waals surface area contributed by atoms with Crippen LogP contribution in [-0.2, 0) is 0 Å². The average Bonchev–Trinajstić information content (AvgIpc) is 2.01. The van der Waals surface area contributed by atoms with Crippen LogP contribution in [0.25, 0.3) is 0 Å². The van der Waals surface area contributed by atoms with Crippen LogP contribution in [0.3, 0.4) is 0 Å². The molecule has 16 heavy (non-hydrogen) atoms. The van der Waals surface area contributed by atoms with Gasteiger partial charge in [-0.3, -0.25) is 0 Å². The maximum Gasteiger partial charge on any atom is 0.460 e. The molecule has 0 heterocycles. The minimum Gasteiger partial charge on any atom is -0.200 e. The summed E-state index contributed by atoms with van der Waals surface area (Å²) in [6.07, 6.45) is -8.65. The van der Waals surface area contributed by atoms with Gasteiger partial charge in [0.2, 0.25) is 0 Å². The zero-order valence-electron chi connectivity index (χ0n) is 7.26. The molecular formula is C6H5F9S. The van der Waals surface area contributed by atoms with Crippen molar-refractivity contribution in [2.24, 2.45) is 0 Å². The normalized spacial score (nSPS) is 15.4. The van der Waals surface area contributed by atoms with E-state index in [-0.39, 0.29) is 0 Å². The van der Waals surface area contributed by atoms with Crippen molar-refractivity contribution in [1.29, 1.82) is 0 Å². The average molecular weight is 280 g/mol. The molecule has 0 aromatic heterocycles. The van der Waals surface area contributed by atoms with Gasteiger partial charge in [-0.1, -0.05) is 0 Å². The van der Waals surface area contributed by atoms with Gasteiger partial charge in [-0.2, -0.15) is 52.1 Å². The fourth-order valence-electron chi connectivity index (χ4n) is 0.705. The van der Waals surface area contributed by atoms with Gasteiger partial charge in [-0.05, 0) is 5.75 Å². The fourth-order valence-corrected chi connectivity index (χ4v) is 0.986. The smallest absolute Gasteiger partial charge is 0.200 e. The molecule has 0 amide bonds. The molecule has 0 aromatic carbocycles. The third kappa shape index (κ3) is 2.35. The third-order valence-electron chi connectivity index (χ3n) is 1.64. The summed E-state index contributed by atoms with van der Waals surface area (Å²) in [5.41, 5.74) is 0. The Labute approximate surface area is 89.2 Å². The van der Waals surface area contributed by atoms with Gasteiger partial charge in [0.05, 0.1) is 0 Å². The third-order valence-corrected chi connectivity index (χ3v) is 1.86. The van der Waals surface area contributed by atoms with Crippen molar-refractivity contribution in [2.75, 3.05) is 5.75 Å². The predicted octanol–water partition coefficient (Wildman–Crippen LogP) is 3.77. The number of alkyl halides is 9. The number of hydrogen-bond donors (Lipinski definition) is 1. The quantitative estimate of drug-likeness (QED) is 0.588. The molecule has 98 valence electrons. The van der Waals surface area contributed by atoms with E-state index in [0.717, 1.165) is 0 Å². The number of thiol groups is 1. The second-order valence-corrected chi connectivity index (χ2v) is 3.27. The van der Waals surface area contributed by atoms with Crippen molar-refractivity contribution in [3.05, 3.63) is 0 Å². The van der Waals surface area contributed by atoms with Crippen molar-refractivity contribution in [3.8, 4) is 0 Å². The van der Waals surface area contributed by atoms with E-state index in [1.165, 1.54) is 0 Å². The van der Waals surface area contributed by atoms with E-state index in [9.17, 15) is 39.5 Å². The van der Waals surface area contributed by atoms with E-state index in [1.54, 1.807) is 0 Å². The molecule has 0 aliphatic rings. The standard InChI is InChI=1S/C6H5F9S/c7-3(8,1-2-16)4(9,10)5(11,12)6(13,14)15/h16H,1-2H2. The number of hydrogen-bond acceptors (Lipinski definition) is 1. The summed E-state index contributed by atoms with van der Waals surface area (Å²) >= 11 is 3.07. The lowest BCUT2D eigenvalue weighted by atomic mass is 10.0. The Morgan fingerprint density at radius 3 is 1.31 bits per heavy atom. The van der Waals surface area contributed by atoms with E-state index < -0.39 is 36.1 Å². The molecule has 0 aromatic rings. The summed E-state index contributed by atoms with van der Waals surface area (Å²) in [5.74, 6) is -19.8. The molecule has 0 saturated carbocycles. The summed E-state index contributed by atoms with van der Waals surface area (Å²) in [7, 11) is 0. The zero-order valence-corrected chi connectivity index (χ0v) is 8.16. The summed E-state index contributed by atoms with van der Waals surface area (Å²) in [6.45, 7) is 0. The predicted molar refractivity (Wildman–Crippen MR) is 39.4 cm³/mol. The molecule has 0 aliphatic carbocycles.